The summed E-state index contributed by atoms with van der Waals surface area (Å²) in [7, 11) is 0. The molecule has 15 heavy (non-hydrogen) atoms. The molecule has 0 radical (unpaired) electrons. The van der Waals surface area contributed by atoms with Gasteiger partial charge in [0.25, 0.3) is 0 Å². The Labute approximate surface area is 95.5 Å². The van der Waals surface area contributed by atoms with Gasteiger partial charge in [-0.05, 0) is 28.1 Å². The van der Waals surface area contributed by atoms with Crippen LogP contribution in [-0.4, -0.2) is 20.1 Å². The lowest BCUT2D eigenvalue weighted by molar-refractivity contribution is 0.168. The molecule has 0 spiro atoms. The number of halogens is 1. The average molecular weight is 268 g/mol. The highest BCUT2D eigenvalue weighted by molar-refractivity contribution is 9.10. The molecule has 0 aliphatic heterocycles. The smallest absolute Gasteiger partial charge is 0.135 e. The Morgan fingerprint density at radius 1 is 1.40 bits per heavy atom. The zero-order chi connectivity index (χ0) is 10.7. The predicted octanol–water partition coefficient (Wildman–Crippen LogP) is 1.84. The van der Waals surface area contributed by atoms with Gasteiger partial charge >= 0.3 is 0 Å². The number of H-pyrrole nitrogens is 1. The first-order valence-electron chi connectivity index (χ1n) is 4.53. The van der Waals surface area contributed by atoms with Gasteiger partial charge in [-0.1, -0.05) is 0 Å². The van der Waals surface area contributed by atoms with Crippen molar-refractivity contribution in [1.82, 2.24) is 15.0 Å². The molecule has 0 aromatic carbocycles. The largest absolute Gasteiger partial charge is 0.385 e. The molecule has 1 atom stereocenters. The number of aromatic amines is 1. The number of nitrogens with one attached hydrogen (secondary N) is 1. The molecule has 2 rings (SSSR count). The number of hydrogen-bond acceptors (Lipinski definition) is 3. The molecule has 4 nitrogen and oxygen atoms in total. The molecule has 5 heteroatoms. The van der Waals surface area contributed by atoms with Crippen molar-refractivity contribution < 1.29 is 5.11 Å². The molecule has 0 aliphatic rings. The molecule has 0 amide bonds. The highest BCUT2D eigenvalue weighted by Crippen LogP contribution is 2.14. The van der Waals surface area contributed by atoms with Crippen LogP contribution in [0.2, 0.25) is 0 Å². The number of pyridine rings is 1. The standard InChI is InChI=1S/C10H10BrN3O/c11-7-1-2-8(14-6-7)5-9(15)10-12-3-4-13-10/h1-4,6,9,15H,5H2,(H,12,13). The van der Waals surface area contributed by atoms with E-state index in [0.717, 1.165) is 10.2 Å². The van der Waals surface area contributed by atoms with E-state index in [1.54, 1.807) is 18.6 Å². The van der Waals surface area contributed by atoms with Gasteiger partial charge in [-0.15, -0.1) is 0 Å². The zero-order valence-electron chi connectivity index (χ0n) is 7.89. The molecule has 0 fully saturated rings. The lowest BCUT2D eigenvalue weighted by Gasteiger charge is -2.06. The number of nitrogens with zero attached hydrogens (tertiary/aromatic N) is 2. The van der Waals surface area contributed by atoms with E-state index < -0.39 is 6.10 Å². The SMILES string of the molecule is OC(Cc1ccc(Br)cn1)c1ncc[nH]1. The van der Waals surface area contributed by atoms with E-state index in [2.05, 4.69) is 30.9 Å². The average Bonchev–Trinajstić information content (AvgIpc) is 2.74. The lowest BCUT2D eigenvalue weighted by atomic mass is 10.2. The van der Waals surface area contributed by atoms with E-state index in [0.29, 0.717) is 12.2 Å². The van der Waals surface area contributed by atoms with Gasteiger partial charge in [0.1, 0.15) is 11.9 Å². The number of aromatic nitrogens is 3. The van der Waals surface area contributed by atoms with E-state index in [4.69, 9.17) is 0 Å². The zero-order valence-corrected chi connectivity index (χ0v) is 9.48. The molecular weight excluding hydrogens is 258 g/mol. The van der Waals surface area contributed by atoms with Crippen LogP contribution in [0.5, 0.6) is 0 Å². The van der Waals surface area contributed by atoms with Crippen LogP contribution < -0.4 is 0 Å². The number of aliphatic hydroxyl groups is 1. The first kappa shape index (κ1) is 10.3. The highest BCUT2D eigenvalue weighted by atomic mass is 79.9. The lowest BCUT2D eigenvalue weighted by Crippen LogP contribution is -2.04. The minimum absolute atomic E-state index is 0.459. The van der Waals surface area contributed by atoms with Crippen LogP contribution in [0, 0.1) is 0 Å². The number of hydrogen-bond donors (Lipinski definition) is 2. The molecule has 0 saturated carbocycles. The Kier molecular flexibility index (Phi) is 3.13. The van der Waals surface area contributed by atoms with Gasteiger partial charge < -0.3 is 10.1 Å². The van der Waals surface area contributed by atoms with Gasteiger partial charge in [0, 0.05) is 35.2 Å². The summed E-state index contributed by atoms with van der Waals surface area (Å²) in [5.74, 6) is 0.569. The van der Waals surface area contributed by atoms with Crippen LogP contribution in [0.4, 0.5) is 0 Å². The first-order valence-corrected chi connectivity index (χ1v) is 5.33. The molecule has 2 heterocycles. The van der Waals surface area contributed by atoms with Crippen molar-refractivity contribution >= 4 is 15.9 Å². The second-order valence-electron chi connectivity index (χ2n) is 3.16. The Morgan fingerprint density at radius 3 is 2.87 bits per heavy atom. The van der Waals surface area contributed by atoms with E-state index in [1.165, 1.54) is 0 Å². The maximum absolute atomic E-state index is 9.79. The number of imidazole rings is 1. The van der Waals surface area contributed by atoms with Crippen molar-refractivity contribution in [2.45, 2.75) is 12.5 Å². The van der Waals surface area contributed by atoms with E-state index in [-0.39, 0.29) is 0 Å². The van der Waals surface area contributed by atoms with Crippen LogP contribution in [0.3, 0.4) is 0 Å². The normalized spacial score (nSPS) is 12.7. The molecule has 1 unspecified atom stereocenters. The Balaban J connectivity index is 2.06. The maximum atomic E-state index is 9.79. The van der Waals surface area contributed by atoms with Crippen LogP contribution >= 0.6 is 15.9 Å². The van der Waals surface area contributed by atoms with Gasteiger partial charge in [0.05, 0.1) is 0 Å². The Morgan fingerprint density at radius 2 is 2.27 bits per heavy atom. The summed E-state index contributed by atoms with van der Waals surface area (Å²) in [5, 5.41) is 9.79. The van der Waals surface area contributed by atoms with Crippen molar-refractivity contribution in [2.24, 2.45) is 0 Å². The van der Waals surface area contributed by atoms with Gasteiger partial charge in [0.2, 0.25) is 0 Å². The van der Waals surface area contributed by atoms with E-state index >= 15 is 0 Å². The summed E-state index contributed by atoms with van der Waals surface area (Å²) < 4.78 is 0.929. The Bertz CT molecular complexity index is 413. The second kappa shape index (κ2) is 4.55. The van der Waals surface area contributed by atoms with Crippen molar-refractivity contribution in [1.29, 1.82) is 0 Å². The van der Waals surface area contributed by atoms with Gasteiger partial charge in [0.15, 0.2) is 0 Å². The van der Waals surface area contributed by atoms with Crippen LogP contribution in [-0.2, 0) is 6.42 Å². The van der Waals surface area contributed by atoms with Crippen molar-refractivity contribution in [3.05, 3.63) is 46.7 Å². The maximum Gasteiger partial charge on any atom is 0.135 e. The minimum atomic E-state index is -0.631. The molecular formula is C10H10BrN3O. The molecule has 2 N–H and O–H groups in total. The Hall–Kier alpha value is -1.20. The third-order valence-corrected chi connectivity index (χ3v) is 2.50. The third kappa shape index (κ3) is 2.64. The molecule has 0 saturated heterocycles. The van der Waals surface area contributed by atoms with E-state index in [9.17, 15) is 5.11 Å². The monoisotopic (exact) mass is 267 g/mol. The molecule has 0 aliphatic carbocycles. The molecule has 2 aromatic rings. The summed E-state index contributed by atoms with van der Waals surface area (Å²) in [6.45, 7) is 0. The minimum Gasteiger partial charge on any atom is -0.385 e. The topological polar surface area (TPSA) is 61.8 Å². The summed E-state index contributed by atoms with van der Waals surface area (Å²) in [6, 6.07) is 3.77. The van der Waals surface area contributed by atoms with Crippen molar-refractivity contribution in [3.8, 4) is 0 Å². The van der Waals surface area contributed by atoms with Crippen LogP contribution in [0.25, 0.3) is 0 Å². The number of aliphatic hydroxyl groups excluding tert-OH is 1. The third-order valence-electron chi connectivity index (χ3n) is 2.03. The van der Waals surface area contributed by atoms with Crippen molar-refractivity contribution in [3.63, 3.8) is 0 Å². The quantitative estimate of drug-likeness (QED) is 0.892. The summed E-state index contributed by atoms with van der Waals surface area (Å²) >= 11 is 3.31. The molecule has 78 valence electrons. The summed E-state index contributed by atoms with van der Waals surface area (Å²) in [4.78, 5) is 11.0. The van der Waals surface area contributed by atoms with Gasteiger partial charge in [-0.25, -0.2) is 4.98 Å². The van der Waals surface area contributed by atoms with Crippen LogP contribution in [0.1, 0.15) is 17.6 Å². The van der Waals surface area contributed by atoms with Crippen LogP contribution in [0.15, 0.2) is 35.2 Å². The number of rotatable bonds is 3. The first-order chi connectivity index (χ1) is 7.25. The summed E-state index contributed by atoms with van der Waals surface area (Å²) in [5.41, 5.74) is 0.835. The fraction of sp³-hybridized carbons (Fsp3) is 0.200. The van der Waals surface area contributed by atoms with E-state index in [1.807, 2.05) is 12.1 Å². The molecule has 0 bridgehead atoms. The van der Waals surface area contributed by atoms with Gasteiger partial charge in [-0.2, -0.15) is 0 Å². The predicted molar refractivity (Wildman–Crippen MR) is 59.2 cm³/mol. The second-order valence-corrected chi connectivity index (χ2v) is 4.08. The fourth-order valence-electron chi connectivity index (χ4n) is 1.28. The van der Waals surface area contributed by atoms with Gasteiger partial charge in [-0.3, -0.25) is 4.98 Å². The molecule has 2 aromatic heterocycles. The summed E-state index contributed by atoms with van der Waals surface area (Å²) in [6.07, 6.45) is 4.85. The fourth-order valence-corrected chi connectivity index (χ4v) is 1.52. The highest BCUT2D eigenvalue weighted by Gasteiger charge is 2.11. The van der Waals surface area contributed by atoms with Crippen molar-refractivity contribution in [2.75, 3.05) is 0 Å².